The van der Waals surface area contributed by atoms with E-state index in [1.807, 2.05) is 66.2 Å². The Balaban J connectivity index is 1.54. The minimum atomic E-state index is -0.270. The molecule has 144 valence electrons. The number of hydrogen-bond acceptors (Lipinski definition) is 3. The monoisotopic (exact) mass is 376 g/mol. The molecule has 6 heteroatoms. The van der Waals surface area contributed by atoms with Crippen LogP contribution < -0.4 is 15.4 Å². The molecule has 4 rings (SSSR count). The third-order valence-corrected chi connectivity index (χ3v) is 4.99. The fraction of sp³-hybridized carbons (Fsp3) is 0.273. The number of benzene rings is 2. The van der Waals surface area contributed by atoms with Crippen LogP contribution in [0.1, 0.15) is 35.6 Å². The van der Waals surface area contributed by atoms with Crippen LogP contribution in [0.2, 0.25) is 0 Å². The molecular weight excluding hydrogens is 352 g/mol. The molecule has 1 aliphatic carbocycles. The van der Waals surface area contributed by atoms with Crippen LogP contribution in [0.4, 0.5) is 10.6 Å². The molecule has 1 fully saturated rings. The van der Waals surface area contributed by atoms with Gasteiger partial charge in [0, 0.05) is 23.6 Å². The molecule has 0 saturated heterocycles. The molecule has 1 saturated carbocycles. The molecule has 2 N–H and O–H groups in total. The second-order valence-electron chi connectivity index (χ2n) is 7.00. The van der Waals surface area contributed by atoms with Crippen molar-refractivity contribution in [3.05, 3.63) is 71.4 Å². The number of nitrogens with zero attached hydrogens (tertiary/aromatic N) is 2. The smallest absolute Gasteiger partial charge is 0.320 e. The van der Waals surface area contributed by atoms with Gasteiger partial charge < -0.3 is 10.1 Å². The van der Waals surface area contributed by atoms with Gasteiger partial charge in [-0.3, -0.25) is 5.32 Å². The van der Waals surface area contributed by atoms with Crippen LogP contribution in [0.3, 0.4) is 0 Å². The molecule has 0 spiro atoms. The van der Waals surface area contributed by atoms with Gasteiger partial charge in [0.25, 0.3) is 0 Å². The lowest BCUT2D eigenvalue weighted by Gasteiger charge is -2.12. The van der Waals surface area contributed by atoms with Gasteiger partial charge in [-0.05, 0) is 38.0 Å². The molecule has 1 heterocycles. The number of urea groups is 1. The molecule has 6 nitrogen and oxygen atoms in total. The molecule has 1 aliphatic rings. The SMILES string of the molecule is COc1ccccc1CNC(=O)Nc1c(C)c(C2CC2)nn1-c1ccccc1. The third kappa shape index (κ3) is 3.71. The highest BCUT2D eigenvalue weighted by atomic mass is 16.5. The summed E-state index contributed by atoms with van der Waals surface area (Å²) >= 11 is 0. The van der Waals surface area contributed by atoms with Crippen LogP contribution in [0.5, 0.6) is 5.75 Å². The predicted octanol–water partition coefficient (Wildman–Crippen LogP) is 4.39. The van der Waals surface area contributed by atoms with Crippen LogP contribution in [-0.2, 0) is 6.54 Å². The van der Waals surface area contributed by atoms with E-state index in [4.69, 9.17) is 9.84 Å². The Morgan fingerprint density at radius 1 is 1.14 bits per heavy atom. The zero-order valence-electron chi connectivity index (χ0n) is 16.1. The second-order valence-corrected chi connectivity index (χ2v) is 7.00. The summed E-state index contributed by atoms with van der Waals surface area (Å²) in [5.74, 6) is 1.97. The highest BCUT2D eigenvalue weighted by Gasteiger charge is 2.31. The number of amides is 2. The van der Waals surface area contributed by atoms with Crippen molar-refractivity contribution in [2.75, 3.05) is 12.4 Å². The van der Waals surface area contributed by atoms with Crippen molar-refractivity contribution in [2.24, 2.45) is 0 Å². The van der Waals surface area contributed by atoms with Crippen molar-refractivity contribution >= 4 is 11.8 Å². The summed E-state index contributed by atoms with van der Waals surface area (Å²) in [6.07, 6.45) is 2.32. The van der Waals surface area contributed by atoms with Crippen LogP contribution >= 0.6 is 0 Å². The van der Waals surface area contributed by atoms with Crippen LogP contribution in [-0.4, -0.2) is 22.9 Å². The molecule has 0 radical (unpaired) electrons. The number of hydrogen-bond donors (Lipinski definition) is 2. The van der Waals surface area contributed by atoms with Crippen molar-refractivity contribution in [3.8, 4) is 11.4 Å². The van der Waals surface area contributed by atoms with Crippen molar-refractivity contribution in [3.63, 3.8) is 0 Å². The van der Waals surface area contributed by atoms with E-state index in [1.54, 1.807) is 7.11 Å². The zero-order valence-corrected chi connectivity index (χ0v) is 16.1. The van der Waals surface area contributed by atoms with Crippen LogP contribution in [0, 0.1) is 6.92 Å². The van der Waals surface area contributed by atoms with Gasteiger partial charge in [-0.2, -0.15) is 5.10 Å². The molecule has 1 aromatic heterocycles. The average Bonchev–Trinajstić information content (AvgIpc) is 3.52. The van der Waals surface area contributed by atoms with Gasteiger partial charge in [0.05, 0.1) is 18.5 Å². The number of ether oxygens (including phenoxy) is 1. The topological polar surface area (TPSA) is 68.2 Å². The molecule has 0 atom stereocenters. The van der Waals surface area contributed by atoms with Crippen molar-refractivity contribution in [2.45, 2.75) is 32.2 Å². The number of rotatable bonds is 6. The number of methoxy groups -OCH3 is 1. The van der Waals surface area contributed by atoms with Gasteiger partial charge in [0.15, 0.2) is 0 Å². The maximum absolute atomic E-state index is 12.6. The standard InChI is InChI=1S/C22H24N4O2/c1-15-20(16-12-13-16)25-26(18-9-4-3-5-10-18)21(15)24-22(27)23-14-17-8-6-7-11-19(17)28-2/h3-11,16H,12-14H2,1-2H3,(H2,23,24,27). The lowest BCUT2D eigenvalue weighted by Crippen LogP contribution is -2.29. The zero-order chi connectivity index (χ0) is 19.5. The summed E-state index contributed by atoms with van der Waals surface area (Å²) in [5.41, 5.74) is 3.95. The largest absolute Gasteiger partial charge is 0.496 e. The van der Waals surface area contributed by atoms with E-state index in [1.165, 1.54) is 0 Å². The molecular formula is C22H24N4O2. The Labute approximate surface area is 164 Å². The molecule has 2 aromatic carbocycles. The van der Waals surface area contributed by atoms with Gasteiger partial charge in [0.2, 0.25) is 0 Å². The molecule has 2 amide bonds. The molecule has 3 aromatic rings. The minimum absolute atomic E-state index is 0.270. The average molecular weight is 376 g/mol. The predicted molar refractivity (Wildman–Crippen MR) is 109 cm³/mol. The first kappa shape index (κ1) is 18.1. The van der Waals surface area contributed by atoms with E-state index in [0.29, 0.717) is 18.3 Å². The summed E-state index contributed by atoms with van der Waals surface area (Å²) in [6.45, 7) is 2.40. The number of carbonyl (C=O) groups is 1. The minimum Gasteiger partial charge on any atom is -0.496 e. The van der Waals surface area contributed by atoms with Crippen molar-refractivity contribution in [1.82, 2.24) is 15.1 Å². The van der Waals surface area contributed by atoms with E-state index < -0.39 is 0 Å². The Morgan fingerprint density at radius 2 is 1.86 bits per heavy atom. The fourth-order valence-electron chi connectivity index (χ4n) is 3.34. The van der Waals surface area contributed by atoms with Gasteiger partial charge >= 0.3 is 6.03 Å². The molecule has 28 heavy (non-hydrogen) atoms. The first-order chi connectivity index (χ1) is 13.7. The number of aromatic nitrogens is 2. The van der Waals surface area contributed by atoms with Crippen LogP contribution in [0.15, 0.2) is 54.6 Å². The molecule has 0 aliphatic heterocycles. The fourth-order valence-corrected chi connectivity index (χ4v) is 3.34. The van der Waals surface area contributed by atoms with Gasteiger partial charge in [0.1, 0.15) is 11.6 Å². The van der Waals surface area contributed by atoms with Gasteiger partial charge in [-0.1, -0.05) is 36.4 Å². The van der Waals surface area contributed by atoms with E-state index in [-0.39, 0.29) is 6.03 Å². The first-order valence-electron chi connectivity index (χ1n) is 9.49. The number of nitrogens with one attached hydrogen (secondary N) is 2. The van der Waals surface area contributed by atoms with Crippen LogP contribution in [0.25, 0.3) is 5.69 Å². The third-order valence-electron chi connectivity index (χ3n) is 4.99. The highest BCUT2D eigenvalue weighted by molar-refractivity contribution is 5.89. The number of anilines is 1. The van der Waals surface area contributed by atoms with E-state index in [0.717, 1.165) is 41.1 Å². The Bertz CT molecular complexity index is 977. The van der Waals surface area contributed by atoms with Crippen molar-refractivity contribution in [1.29, 1.82) is 0 Å². The summed E-state index contributed by atoms with van der Waals surface area (Å²) in [4.78, 5) is 12.6. The van der Waals surface area contributed by atoms with Gasteiger partial charge in [-0.15, -0.1) is 0 Å². The summed E-state index contributed by atoms with van der Waals surface area (Å²) in [6, 6.07) is 17.3. The normalized spacial score (nSPS) is 13.2. The lowest BCUT2D eigenvalue weighted by atomic mass is 10.2. The quantitative estimate of drug-likeness (QED) is 0.670. The summed E-state index contributed by atoms with van der Waals surface area (Å²) < 4.78 is 7.17. The Morgan fingerprint density at radius 3 is 2.57 bits per heavy atom. The first-order valence-corrected chi connectivity index (χ1v) is 9.49. The number of para-hydroxylation sites is 2. The molecule has 0 bridgehead atoms. The summed E-state index contributed by atoms with van der Waals surface area (Å²) in [7, 11) is 1.63. The maximum Gasteiger partial charge on any atom is 0.320 e. The maximum atomic E-state index is 12.6. The number of carbonyl (C=O) groups excluding carboxylic acids is 1. The van der Waals surface area contributed by atoms with Gasteiger partial charge in [-0.25, -0.2) is 9.48 Å². The summed E-state index contributed by atoms with van der Waals surface area (Å²) in [5, 5.41) is 10.7. The molecule has 0 unspecified atom stereocenters. The van der Waals surface area contributed by atoms with E-state index in [2.05, 4.69) is 10.6 Å². The lowest BCUT2D eigenvalue weighted by molar-refractivity contribution is 0.251. The Hall–Kier alpha value is -3.28. The second kappa shape index (κ2) is 7.76. The highest BCUT2D eigenvalue weighted by Crippen LogP contribution is 2.42. The van der Waals surface area contributed by atoms with Crippen molar-refractivity contribution < 1.29 is 9.53 Å². The van der Waals surface area contributed by atoms with E-state index >= 15 is 0 Å². The van der Waals surface area contributed by atoms with E-state index in [9.17, 15) is 4.79 Å². The Kier molecular flexibility index (Phi) is 5.02.